The average molecular weight is 427 g/mol. The molecule has 0 unspecified atom stereocenters. The van der Waals surface area contributed by atoms with E-state index in [4.69, 9.17) is 4.74 Å². The second-order valence-electron chi connectivity index (χ2n) is 8.02. The summed E-state index contributed by atoms with van der Waals surface area (Å²) < 4.78 is 8.35. The Kier molecular flexibility index (Phi) is 5.50. The van der Waals surface area contributed by atoms with Crippen LogP contribution in [0.5, 0.6) is 0 Å². The summed E-state index contributed by atoms with van der Waals surface area (Å²) >= 11 is 0. The largest absolute Gasteiger partial charge is 0.388 e. The monoisotopic (exact) mass is 427 g/mol. The highest BCUT2D eigenvalue weighted by atomic mass is 16.5. The number of benzene rings is 1. The normalized spacial score (nSPS) is 21.5. The maximum Gasteiger partial charge on any atom is 0.328 e. The maximum atomic E-state index is 13.2. The van der Waals surface area contributed by atoms with Gasteiger partial charge in [-0.15, -0.1) is 0 Å². The van der Waals surface area contributed by atoms with Crippen molar-refractivity contribution in [3.8, 4) is 0 Å². The Hall–Kier alpha value is -3.24. The molecule has 4 rings (SSSR count). The van der Waals surface area contributed by atoms with E-state index >= 15 is 0 Å². The van der Waals surface area contributed by atoms with Gasteiger partial charge in [-0.05, 0) is 25.5 Å². The Labute approximate surface area is 177 Å². The molecule has 2 N–H and O–H groups in total. The lowest BCUT2D eigenvalue weighted by Gasteiger charge is -2.43. The summed E-state index contributed by atoms with van der Waals surface area (Å²) in [6, 6.07) is 8.10. The molecule has 0 spiro atoms. The number of likely N-dealkylation sites (tertiary alicyclic amines) is 1. The number of ether oxygens (including phenoxy) is 1. The molecule has 3 aromatic rings. The van der Waals surface area contributed by atoms with Crippen molar-refractivity contribution in [3.63, 3.8) is 0 Å². The number of piperidine rings is 1. The van der Waals surface area contributed by atoms with Gasteiger partial charge in [-0.25, -0.2) is 9.78 Å². The van der Waals surface area contributed by atoms with Crippen LogP contribution < -0.4 is 11.2 Å². The standard InChI is InChI=1S/C21H25N5O5/c1-21(30)8-10-24(11-16(21)25-9-7-18(27)23-20(25)29)19(28)12-26-15-6-4-3-5-14(15)22-17(26)13-31-2/h3-7,9,16,30H,8,10-13H2,1-2H3,(H,23,27,29)/t16-,21-/m1/s1. The summed E-state index contributed by atoms with van der Waals surface area (Å²) in [6.45, 7) is 2.47. The van der Waals surface area contributed by atoms with E-state index in [0.29, 0.717) is 18.8 Å². The summed E-state index contributed by atoms with van der Waals surface area (Å²) in [5, 5.41) is 10.9. The van der Waals surface area contributed by atoms with Crippen LogP contribution in [-0.2, 0) is 22.7 Å². The first-order valence-electron chi connectivity index (χ1n) is 10.0. The van der Waals surface area contributed by atoms with Gasteiger partial charge in [0, 0.05) is 32.5 Å². The number of aromatic amines is 1. The molecule has 164 valence electrons. The molecule has 0 aliphatic carbocycles. The van der Waals surface area contributed by atoms with Gasteiger partial charge in [0.2, 0.25) is 5.91 Å². The molecule has 3 heterocycles. The number of imidazole rings is 1. The Balaban J connectivity index is 1.61. The van der Waals surface area contributed by atoms with Crippen molar-refractivity contribution >= 4 is 16.9 Å². The van der Waals surface area contributed by atoms with E-state index in [9.17, 15) is 19.5 Å². The molecule has 2 atom stereocenters. The van der Waals surface area contributed by atoms with E-state index < -0.39 is 22.9 Å². The fourth-order valence-corrected chi connectivity index (χ4v) is 4.09. The highest BCUT2D eigenvalue weighted by molar-refractivity contribution is 5.81. The van der Waals surface area contributed by atoms with Crippen molar-refractivity contribution in [2.45, 2.75) is 38.1 Å². The molecule has 0 bridgehead atoms. The van der Waals surface area contributed by atoms with Gasteiger partial charge in [0.1, 0.15) is 19.0 Å². The van der Waals surface area contributed by atoms with Crippen molar-refractivity contribution in [2.24, 2.45) is 0 Å². The molecule has 10 nitrogen and oxygen atoms in total. The lowest BCUT2D eigenvalue weighted by molar-refractivity contribution is -0.138. The van der Waals surface area contributed by atoms with E-state index in [1.54, 1.807) is 18.9 Å². The highest BCUT2D eigenvalue weighted by Crippen LogP contribution is 2.31. The second kappa shape index (κ2) is 8.12. The average Bonchev–Trinajstić information content (AvgIpc) is 3.06. The number of aromatic nitrogens is 4. The lowest BCUT2D eigenvalue weighted by atomic mass is 9.88. The van der Waals surface area contributed by atoms with Crippen LogP contribution in [-0.4, -0.2) is 60.8 Å². The molecule has 1 fully saturated rings. The Morgan fingerprint density at radius 2 is 2.10 bits per heavy atom. The van der Waals surface area contributed by atoms with Crippen molar-refractivity contribution in [3.05, 3.63) is 63.2 Å². The predicted molar refractivity (Wildman–Crippen MR) is 113 cm³/mol. The quantitative estimate of drug-likeness (QED) is 0.602. The molecule has 31 heavy (non-hydrogen) atoms. The Morgan fingerprint density at radius 1 is 1.32 bits per heavy atom. The third-order valence-corrected chi connectivity index (χ3v) is 5.84. The van der Waals surface area contributed by atoms with E-state index in [1.807, 2.05) is 28.8 Å². The van der Waals surface area contributed by atoms with E-state index in [0.717, 1.165) is 11.0 Å². The van der Waals surface area contributed by atoms with Gasteiger partial charge in [0.15, 0.2) is 0 Å². The highest BCUT2D eigenvalue weighted by Gasteiger charge is 2.40. The topological polar surface area (TPSA) is 122 Å². The molecule has 1 amide bonds. The molecule has 1 aromatic carbocycles. The molecular weight excluding hydrogens is 402 g/mol. The minimum atomic E-state index is -1.21. The van der Waals surface area contributed by atoms with Crippen molar-refractivity contribution in [1.29, 1.82) is 0 Å². The number of aliphatic hydroxyl groups is 1. The van der Waals surface area contributed by atoms with Gasteiger partial charge >= 0.3 is 5.69 Å². The van der Waals surface area contributed by atoms with Gasteiger partial charge in [0.05, 0.1) is 22.7 Å². The number of carbonyl (C=O) groups excluding carboxylic acids is 1. The van der Waals surface area contributed by atoms with Crippen LogP contribution in [0.4, 0.5) is 0 Å². The van der Waals surface area contributed by atoms with Crippen LogP contribution in [0.25, 0.3) is 11.0 Å². The van der Waals surface area contributed by atoms with Gasteiger partial charge < -0.3 is 19.3 Å². The molecule has 0 saturated carbocycles. The van der Waals surface area contributed by atoms with Crippen LogP contribution in [0.3, 0.4) is 0 Å². The zero-order chi connectivity index (χ0) is 22.2. The number of hydrogen-bond acceptors (Lipinski definition) is 6. The molecular formula is C21H25N5O5. The van der Waals surface area contributed by atoms with Crippen LogP contribution in [0.1, 0.15) is 25.2 Å². The maximum absolute atomic E-state index is 13.2. The third-order valence-electron chi connectivity index (χ3n) is 5.84. The SMILES string of the molecule is COCc1nc2ccccc2n1CC(=O)N1CC[C@@](C)(O)[C@H](n2ccc(=O)[nH]c2=O)C1. The van der Waals surface area contributed by atoms with Crippen LogP contribution in [0.2, 0.25) is 0 Å². The van der Waals surface area contributed by atoms with Crippen LogP contribution in [0, 0.1) is 0 Å². The van der Waals surface area contributed by atoms with Gasteiger partial charge in [-0.3, -0.25) is 19.1 Å². The van der Waals surface area contributed by atoms with Crippen LogP contribution >= 0.6 is 0 Å². The fourth-order valence-electron chi connectivity index (χ4n) is 4.09. The zero-order valence-corrected chi connectivity index (χ0v) is 17.4. The van der Waals surface area contributed by atoms with E-state index in [1.165, 1.54) is 16.8 Å². The molecule has 1 saturated heterocycles. The number of amides is 1. The Morgan fingerprint density at radius 3 is 2.84 bits per heavy atom. The summed E-state index contributed by atoms with van der Waals surface area (Å²) in [6.07, 6.45) is 1.65. The molecule has 1 aliphatic rings. The first-order chi connectivity index (χ1) is 14.8. The molecule has 1 aliphatic heterocycles. The smallest absolute Gasteiger partial charge is 0.328 e. The summed E-state index contributed by atoms with van der Waals surface area (Å²) in [5.41, 5.74) is -0.721. The fraction of sp³-hybridized carbons (Fsp3) is 0.429. The van der Waals surface area contributed by atoms with Gasteiger partial charge in [-0.1, -0.05) is 12.1 Å². The summed E-state index contributed by atoms with van der Waals surface area (Å²) in [7, 11) is 1.57. The number of hydrogen-bond donors (Lipinski definition) is 2. The zero-order valence-electron chi connectivity index (χ0n) is 17.4. The third kappa shape index (κ3) is 4.04. The predicted octanol–water partition coefficient (Wildman–Crippen LogP) is 0.257. The summed E-state index contributed by atoms with van der Waals surface area (Å²) in [5.74, 6) is 0.493. The first kappa shape index (κ1) is 21.0. The Bertz CT molecular complexity index is 1220. The number of nitrogens with one attached hydrogen (secondary N) is 1. The second-order valence-corrected chi connectivity index (χ2v) is 8.02. The minimum Gasteiger partial charge on any atom is -0.388 e. The van der Waals surface area contributed by atoms with Crippen molar-refractivity contribution in [2.75, 3.05) is 20.2 Å². The number of methoxy groups -OCH3 is 1. The van der Waals surface area contributed by atoms with E-state index in [2.05, 4.69) is 9.97 Å². The van der Waals surface area contributed by atoms with Crippen molar-refractivity contribution < 1.29 is 14.6 Å². The number of para-hydroxylation sites is 2. The minimum absolute atomic E-state index is 0.0641. The summed E-state index contributed by atoms with van der Waals surface area (Å²) in [4.78, 5) is 45.3. The lowest BCUT2D eigenvalue weighted by Crippen LogP contribution is -2.55. The molecule has 0 radical (unpaired) electrons. The number of nitrogens with zero attached hydrogens (tertiary/aromatic N) is 4. The first-order valence-corrected chi connectivity index (χ1v) is 10.0. The number of H-pyrrole nitrogens is 1. The molecule has 2 aromatic heterocycles. The van der Waals surface area contributed by atoms with Gasteiger partial charge in [0.25, 0.3) is 5.56 Å². The number of rotatable bonds is 5. The van der Waals surface area contributed by atoms with Gasteiger partial charge in [-0.2, -0.15) is 0 Å². The van der Waals surface area contributed by atoms with Crippen LogP contribution in [0.15, 0.2) is 46.1 Å². The number of carbonyl (C=O) groups is 1. The molecule has 10 heteroatoms. The van der Waals surface area contributed by atoms with E-state index in [-0.39, 0.29) is 25.6 Å². The number of fused-ring (bicyclic) bond motifs is 1. The van der Waals surface area contributed by atoms with Crippen molar-refractivity contribution in [1.82, 2.24) is 24.0 Å².